The Morgan fingerprint density at radius 2 is 1.79 bits per heavy atom. The molecule has 5 rings (SSSR count). The zero-order valence-electron chi connectivity index (χ0n) is 21.8. The number of fused-ring (bicyclic) bond motifs is 1. The van der Waals surface area contributed by atoms with Crippen molar-refractivity contribution in [1.82, 2.24) is 9.88 Å². The second-order valence-electron chi connectivity index (χ2n) is 10.9. The summed E-state index contributed by atoms with van der Waals surface area (Å²) in [5, 5.41) is 5.71. The van der Waals surface area contributed by atoms with E-state index in [2.05, 4.69) is 15.6 Å². The summed E-state index contributed by atoms with van der Waals surface area (Å²) >= 11 is 0. The first kappa shape index (κ1) is 26.5. The van der Waals surface area contributed by atoms with Gasteiger partial charge in [-0.25, -0.2) is 13.8 Å². The van der Waals surface area contributed by atoms with Crippen molar-refractivity contribution < 1.29 is 23.2 Å². The molecule has 0 radical (unpaired) electrons. The number of amides is 3. The summed E-state index contributed by atoms with van der Waals surface area (Å²) in [6, 6.07) is 13.9. The number of nitrogens with one attached hydrogen (secondary N) is 2. The van der Waals surface area contributed by atoms with Gasteiger partial charge in [0.1, 0.15) is 12.4 Å². The molecule has 0 spiro atoms. The number of pyridine rings is 1. The summed E-state index contributed by atoms with van der Waals surface area (Å²) in [6.07, 6.45) is 3.84. The smallest absolute Gasteiger partial charge is 0.244 e. The van der Waals surface area contributed by atoms with Crippen LogP contribution in [-0.2, 0) is 27.2 Å². The summed E-state index contributed by atoms with van der Waals surface area (Å²) in [7, 11) is 0. The lowest BCUT2D eigenvalue weighted by Crippen LogP contribution is -2.50. The first-order chi connectivity index (χ1) is 18.6. The Hall–Kier alpha value is -4.14. The highest BCUT2D eigenvalue weighted by molar-refractivity contribution is 5.96. The fraction of sp³-hybridized carbons (Fsp3) is 0.333. The molecular weight excluding hydrogens is 502 g/mol. The van der Waals surface area contributed by atoms with Gasteiger partial charge in [0, 0.05) is 23.2 Å². The number of nitrogens with zero attached hydrogens (tertiary/aromatic N) is 2. The lowest BCUT2D eigenvalue weighted by Gasteiger charge is -2.43. The highest BCUT2D eigenvalue weighted by Gasteiger charge is 2.42. The van der Waals surface area contributed by atoms with Crippen LogP contribution >= 0.6 is 0 Å². The Kier molecular flexibility index (Phi) is 7.16. The van der Waals surface area contributed by atoms with Gasteiger partial charge in [0.15, 0.2) is 11.6 Å². The number of aromatic nitrogens is 1. The maximum absolute atomic E-state index is 14.0. The zero-order chi connectivity index (χ0) is 27.7. The van der Waals surface area contributed by atoms with Crippen LogP contribution in [0.2, 0.25) is 0 Å². The summed E-state index contributed by atoms with van der Waals surface area (Å²) in [5.41, 5.74) is 2.37. The van der Waals surface area contributed by atoms with Gasteiger partial charge in [-0.15, -0.1) is 0 Å². The minimum absolute atomic E-state index is 0.106. The average Bonchev–Trinajstić information content (AvgIpc) is 3.33. The fourth-order valence-electron chi connectivity index (χ4n) is 5.44. The standard InChI is InChI=1S/C30H30F2N4O3/c1-30(2)11-10-25(19-7-9-23(31)24(32)16-19)36(29(30)39)17-27(37)34-22-8-6-18-13-21(14-20(18)15-22)28(38)35-26-5-3-4-12-33-26/h3-9,12,15-16,21,25H,10-11,13-14,17H2,1-2H3,(H,34,37)(H,33,35,38). The van der Waals surface area contributed by atoms with E-state index in [-0.39, 0.29) is 24.3 Å². The van der Waals surface area contributed by atoms with Gasteiger partial charge < -0.3 is 15.5 Å². The van der Waals surface area contributed by atoms with E-state index in [1.807, 2.05) is 26.0 Å². The molecule has 2 aromatic carbocycles. The van der Waals surface area contributed by atoms with Gasteiger partial charge in [-0.1, -0.05) is 32.0 Å². The molecule has 3 aromatic rings. The van der Waals surface area contributed by atoms with Gasteiger partial charge in [0.2, 0.25) is 17.7 Å². The van der Waals surface area contributed by atoms with Gasteiger partial charge in [-0.3, -0.25) is 14.4 Å². The maximum Gasteiger partial charge on any atom is 0.244 e. The highest BCUT2D eigenvalue weighted by atomic mass is 19.2. The summed E-state index contributed by atoms with van der Waals surface area (Å²) in [6.45, 7) is 3.42. The van der Waals surface area contributed by atoms with Crippen LogP contribution in [0.25, 0.3) is 0 Å². The molecule has 0 bridgehead atoms. The van der Waals surface area contributed by atoms with E-state index in [4.69, 9.17) is 0 Å². The number of benzene rings is 2. The molecular formula is C30H30F2N4O3. The molecule has 1 fully saturated rings. The van der Waals surface area contributed by atoms with Crippen LogP contribution in [0.5, 0.6) is 0 Å². The molecule has 2 aliphatic rings. The van der Waals surface area contributed by atoms with E-state index in [0.717, 1.165) is 23.3 Å². The average molecular weight is 533 g/mol. The van der Waals surface area contributed by atoms with E-state index in [1.165, 1.54) is 11.0 Å². The van der Waals surface area contributed by atoms with Crippen molar-refractivity contribution >= 4 is 29.2 Å². The van der Waals surface area contributed by atoms with Crippen molar-refractivity contribution in [3.05, 3.63) is 89.1 Å². The third-order valence-corrected chi connectivity index (χ3v) is 7.61. The van der Waals surface area contributed by atoms with Crippen LogP contribution < -0.4 is 10.6 Å². The van der Waals surface area contributed by atoms with Crippen LogP contribution in [0, 0.1) is 23.0 Å². The van der Waals surface area contributed by atoms with Crippen molar-refractivity contribution in [1.29, 1.82) is 0 Å². The Labute approximate surface area is 225 Å². The van der Waals surface area contributed by atoms with E-state index in [1.54, 1.807) is 30.5 Å². The number of hydrogen-bond donors (Lipinski definition) is 2. The summed E-state index contributed by atoms with van der Waals surface area (Å²) in [4.78, 5) is 44.7. The van der Waals surface area contributed by atoms with Gasteiger partial charge in [0.25, 0.3) is 0 Å². The van der Waals surface area contributed by atoms with E-state index in [0.29, 0.717) is 42.8 Å². The van der Waals surface area contributed by atoms with E-state index < -0.39 is 29.0 Å². The van der Waals surface area contributed by atoms with Crippen LogP contribution in [0.1, 0.15) is 49.4 Å². The number of anilines is 2. The molecule has 0 saturated carbocycles. The number of piperidine rings is 1. The largest absolute Gasteiger partial charge is 0.326 e. The Morgan fingerprint density at radius 3 is 2.54 bits per heavy atom. The van der Waals surface area contributed by atoms with E-state index in [9.17, 15) is 23.2 Å². The van der Waals surface area contributed by atoms with Gasteiger partial charge in [0.05, 0.1) is 6.04 Å². The molecule has 3 amide bonds. The summed E-state index contributed by atoms with van der Waals surface area (Å²) in [5.74, 6) is -2.39. The Morgan fingerprint density at radius 1 is 1.00 bits per heavy atom. The predicted molar refractivity (Wildman–Crippen MR) is 143 cm³/mol. The normalized spacial score (nSPS) is 19.9. The maximum atomic E-state index is 14.0. The molecule has 9 heteroatoms. The van der Waals surface area contributed by atoms with Crippen molar-refractivity contribution in [2.45, 2.75) is 45.6 Å². The first-order valence-corrected chi connectivity index (χ1v) is 13.0. The van der Waals surface area contributed by atoms with Crippen molar-refractivity contribution in [2.24, 2.45) is 11.3 Å². The number of halogens is 2. The Bertz CT molecular complexity index is 1430. The highest BCUT2D eigenvalue weighted by Crippen LogP contribution is 2.40. The number of likely N-dealkylation sites (tertiary alicyclic amines) is 1. The second kappa shape index (κ2) is 10.6. The zero-order valence-corrected chi connectivity index (χ0v) is 21.8. The quantitative estimate of drug-likeness (QED) is 0.465. The first-order valence-electron chi connectivity index (χ1n) is 13.0. The molecule has 1 aliphatic carbocycles. The molecule has 7 nitrogen and oxygen atoms in total. The predicted octanol–water partition coefficient (Wildman–Crippen LogP) is 5.04. The molecule has 1 aromatic heterocycles. The van der Waals surface area contributed by atoms with Gasteiger partial charge >= 0.3 is 0 Å². The monoisotopic (exact) mass is 532 g/mol. The van der Waals surface area contributed by atoms with Crippen LogP contribution in [0.15, 0.2) is 60.8 Å². The van der Waals surface area contributed by atoms with Crippen molar-refractivity contribution in [2.75, 3.05) is 17.2 Å². The third kappa shape index (κ3) is 5.67. The SMILES string of the molecule is CC1(C)CCC(c2ccc(F)c(F)c2)N(CC(=O)Nc2ccc3c(c2)CC(C(=O)Nc2ccccn2)C3)C1=O. The molecule has 1 saturated heterocycles. The molecule has 2 heterocycles. The molecule has 2 atom stereocenters. The molecule has 202 valence electrons. The lowest BCUT2D eigenvalue weighted by molar-refractivity contribution is -0.150. The molecule has 39 heavy (non-hydrogen) atoms. The van der Waals surface area contributed by atoms with Crippen LogP contribution in [0.3, 0.4) is 0 Å². The minimum atomic E-state index is -0.987. The Balaban J connectivity index is 1.26. The molecule has 1 aliphatic heterocycles. The number of hydrogen-bond acceptors (Lipinski definition) is 4. The summed E-state index contributed by atoms with van der Waals surface area (Å²) < 4.78 is 27.5. The number of rotatable bonds is 6. The van der Waals surface area contributed by atoms with Gasteiger partial charge in [-0.05, 0) is 78.8 Å². The van der Waals surface area contributed by atoms with E-state index >= 15 is 0 Å². The second-order valence-corrected chi connectivity index (χ2v) is 10.9. The number of carbonyl (C=O) groups excluding carboxylic acids is 3. The topological polar surface area (TPSA) is 91.4 Å². The van der Waals surface area contributed by atoms with Gasteiger partial charge in [-0.2, -0.15) is 0 Å². The molecule has 2 N–H and O–H groups in total. The molecule has 2 unspecified atom stereocenters. The van der Waals surface area contributed by atoms with Crippen LogP contribution in [-0.4, -0.2) is 34.2 Å². The minimum Gasteiger partial charge on any atom is -0.326 e. The number of carbonyl (C=O) groups is 3. The van der Waals surface area contributed by atoms with Crippen molar-refractivity contribution in [3.63, 3.8) is 0 Å². The van der Waals surface area contributed by atoms with Crippen molar-refractivity contribution in [3.8, 4) is 0 Å². The lowest BCUT2D eigenvalue weighted by atomic mass is 9.78. The fourth-order valence-corrected chi connectivity index (χ4v) is 5.44. The third-order valence-electron chi connectivity index (χ3n) is 7.61. The van der Waals surface area contributed by atoms with Crippen LogP contribution in [0.4, 0.5) is 20.3 Å².